The SMILES string of the molecule is O=C(NNc1ncnc(NCc2ccccc2)c1[N+](=O)[O-])c1cccc2ccccc12. The predicted molar refractivity (Wildman–Crippen MR) is 117 cm³/mol. The van der Waals surface area contributed by atoms with E-state index in [1.165, 1.54) is 6.33 Å². The Labute approximate surface area is 177 Å². The Morgan fingerprint density at radius 3 is 2.42 bits per heavy atom. The van der Waals surface area contributed by atoms with Gasteiger partial charge in [-0.1, -0.05) is 66.7 Å². The number of nitro groups is 1. The number of fused-ring (bicyclic) bond motifs is 1. The molecule has 0 spiro atoms. The van der Waals surface area contributed by atoms with E-state index in [2.05, 4.69) is 26.1 Å². The first-order valence-corrected chi connectivity index (χ1v) is 9.45. The van der Waals surface area contributed by atoms with Crippen molar-refractivity contribution in [2.24, 2.45) is 0 Å². The van der Waals surface area contributed by atoms with Gasteiger partial charge in [-0.05, 0) is 22.4 Å². The van der Waals surface area contributed by atoms with Crippen LogP contribution in [-0.4, -0.2) is 20.8 Å². The summed E-state index contributed by atoms with van der Waals surface area (Å²) in [6, 6.07) is 22.2. The van der Waals surface area contributed by atoms with Crippen LogP contribution in [0.1, 0.15) is 15.9 Å². The molecule has 0 saturated heterocycles. The highest BCUT2D eigenvalue weighted by atomic mass is 16.6. The molecule has 0 unspecified atom stereocenters. The molecule has 0 bridgehead atoms. The molecule has 1 aromatic heterocycles. The average molecular weight is 414 g/mol. The van der Waals surface area contributed by atoms with Gasteiger partial charge in [-0.25, -0.2) is 9.97 Å². The van der Waals surface area contributed by atoms with E-state index >= 15 is 0 Å². The van der Waals surface area contributed by atoms with Gasteiger partial charge in [-0.2, -0.15) is 0 Å². The minimum Gasteiger partial charge on any atom is -0.360 e. The molecule has 3 aromatic carbocycles. The van der Waals surface area contributed by atoms with Crippen LogP contribution in [0.5, 0.6) is 0 Å². The number of rotatable bonds is 7. The highest BCUT2D eigenvalue weighted by Gasteiger charge is 2.23. The lowest BCUT2D eigenvalue weighted by Crippen LogP contribution is -2.30. The second-order valence-electron chi connectivity index (χ2n) is 6.62. The number of carbonyl (C=O) groups excluding carboxylic acids is 1. The number of benzene rings is 3. The highest BCUT2D eigenvalue weighted by Crippen LogP contribution is 2.29. The minimum atomic E-state index is -0.597. The monoisotopic (exact) mass is 414 g/mol. The molecule has 3 N–H and O–H groups in total. The summed E-state index contributed by atoms with van der Waals surface area (Å²) in [6.45, 7) is 0.348. The Kier molecular flexibility index (Phi) is 5.66. The van der Waals surface area contributed by atoms with E-state index in [1.54, 1.807) is 12.1 Å². The van der Waals surface area contributed by atoms with E-state index in [4.69, 9.17) is 0 Å². The predicted octanol–water partition coefficient (Wildman–Crippen LogP) is 3.91. The number of anilines is 2. The van der Waals surface area contributed by atoms with Crippen LogP contribution in [0.25, 0.3) is 10.8 Å². The smallest absolute Gasteiger partial charge is 0.354 e. The van der Waals surface area contributed by atoms with E-state index in [9.17, 15) is 14.9 Å². The molecule has 1 amide bonds. The van der Waals surface area contributed by atoms with Crippen LogP contribution in [0.2, 0.25) is 0 Å². The van der Waals surface area contributed by atoms with Gasteiger partial charge in [0.25, 0.3) is 5.91 Å². The van der Waals surface area contributed by atoms with Gasteiger partial charge in [0.05, 0.1) is 4.92 Å². The van der Waals surface area contributed by atoms with Crippen LogP contribution in [0.3, 0.4) is 0 Å². The van der Waals surface area contributed by atoms with Crippen molar-refractivity contribution in [3.8, 4) is 0 Å². The fourth-order valence-corrected chi connectivity index (χ4v) is 3.16. The highest BCUT2D eigenvalue weighted by molar-refractivity contribution is 6.07. The molecule has 0 atom stereocenters. The number of nitrogens with one attached hydrogen (secondary N) is 3. The zero-order chi connectivity index (χ0) is 21.6. The molecule has 9 nitrogen and oxygen atoms in total. The Morgan fingerprint density at radius 2 is 1.61 bits per heavy atom. The quantitative estimate of drug-likeness (QED) is 0.310. The first-order chi connectivity index (χ1) is 15.1. The lowest BCUT2D eigenvalue weighted by atomic mass is 10.0. The van der Waals surface area contributed by atoms with Crippen molar-refractivity contribution in [3.63, 3.8) is 0 Å². The Hall–Kier alpha value is -4.53. The average Bonchev–Trinajstić information content (AvgIpc) is 2.81. The van der Waals surface area contributed by atoms with Gasteiger partial charge in [0.2, 0.25) is 11.6 Å². The lowest BCUT2D eigenvalue weighted by Gasteiger charge is -2.12. The van der Waals surface area contributed by atoms with Gasteiger partial charge >= 0.3 is 5.69 Å². The molecule has 0 radical (unpaired) electrons. The van der Waals surface area contributed by atoms with Crippen LogP contribution in [0, 0.1) is 10.1 Å². The molecule has 0 saturated carbocycles. The number of amides is 1. The number of hydrogen-bond donors (Lipinski definition) is 3. The number of hydrogen-bond acceptors (Lipinski definition) is 7. The summed E-state index contributed by atoms with van der Waals surface area (Å²) in [7, 11) is 0. The summed E-state index contributed by atoms with van der Waals surface area (Å²) in [5.41, 5.74) is 6.07. The fourth-order valence-electron chi connectivity index (χ4n) is 3.16. The van der Waals surface area contributed by atoms with Crippen molar-refractivity contribution in [3.05, 3.63) is 100 Å². The van der Waals surface area contributed by atoms with Crippen molar-refractivity contribution in [1.82, 2.24) is 15.4 Å². The topological polar surface area (TPSA) is 122 Å². The summed E-state index contributed by atoms with van der Waals surface area (Å²) in [4.78, 5) is 31.7. The Morgan fingerprint density at radius 1 is 0.903 bits per heavy atom. The fraction of sp³-hybridized carbons (Fsp3) is 0.0455. The standard InChI is InChI=1S/C22H18N6O3/c29-22(18-12-6-10-16-9-4-5-11-17(16)18)27-26-21-19(28(30)31)20(24-14-25-21)23-13-15-7-2-1-3-8-15/h1-12,14H,13H2,(H,27,29)(H2,23,24,25,26). The molecule has 0 aliphatic rings. The summed E-state index contributed by atoms with van der Waals surface area (Å²) < 4.78 is 0. The third-order valence-corrected chi connectivity index (χ3v) is 4.64. The van der Waals surface area contributed by atoms with Gasteiger partial charge < -0.3 is 5.32 Å². The zero-order valence-electron chi connectivity index (χ0n) is 16.3. The molecular formula is C22H18N6O3. The van der Waals surface area contributed by atoms with E-state index in [0.29, 0.717) is 12.1 Å². The van der Waals surface area contributed by atoms with E-state index in [0.717, 1.165) is 16.3 Å². The van der Waals surface area contributed by atoms with Crippen LogP contribution >= 0.6 is 0 Å². The van der Waals surface area contributed by atoms with Crippen LogP contribution in [0.15, 0.2) is 79.1 Å². The third-order valence-electron chi connectivity index (χ3n) is 4.64. The van der Waals surface area contributed by atoms with Gasteiger partial charge in [0.1, 0.15) is 6.33 Å². The molecule has 31 heavy (non-hydrogen) atoms. The van der Waals surface area contributed by atoms with Crippen molar-refractivity contribution < 1.29 is 9.72 Å². The Balaban J connectivity index is 1.54. The lowest BCUT2D eigenvalue weighted by molar-refractivity contribution is -0.383. The Bertz CT molecular complexity index is 1240. The van der Waals surface area contributed by atoms with E-state index < -0.39 is 10.8 Å². The molecule has 154 valence electrons. The zero-order valence-corrected chi connectivity index (χ0v) is 16.3. The van der Waals surface area contributed by atoms with Gasteiger partial charge in [0.15, 0.2) is 0 Å². The molecule has 4 rings (SSSR count). The number of carbonyl (C=O) groups is 1. The van der Waals surface area contributed by atoms with Gasteiger partial charge in [-0.3, -0.25) is 25.8 Å². The molecular weight excluding hydrogens is 396 g/mol. The molecule has 0 aliphatic heterocycles. The molecule has 0 fully saturated rings. The maximum atomic E-state index is 12.7. The van der Waals surface area contributed by atoms with Crippen LogP contribution in [0.4, 0.5) is 17.3 Å². The number of hydrazine groups is 1. The van der Waals surface area contributed by atoms with E-state index in [1.807, 2.05) is 60.7 Å². The summed E-state index contributed by atoms with van der Waals surface area (Å²) in [5, 5.41) is 16.3. The molecule has 9 heteroatoms. The molecule has 0 aliphatic carbocycles. The number of nitrogens with zero attached hydrogens (tertiary/aromatic N) is 3. The van der Waals surface area contributed by atoms with Crippen molar-refractivity contribution in [2.75, 3.05) is 10.7 Å². The third kappa shape index (κ3) is 4.40. The normalized spacial score (nSPS) is 10.5. The molecule has 1 heterocycles. The van der Waals surface area contributed by atoms with Crippen LogP contribution in [-0.2, 0) is 6.54 Å². The van der Waals surface area contributed by atoms with Crippen molar-refractivity contribution in [1.29, 1.82) is 0 Å². The largest absolute Gasteiger partial charge is 0.360 e. The second kappa shape index (κ2) is 8.87. The summed E-state index contributed by atoms with van der Waals surface area (Å²) in [5.74, 6) is -0.515. The van der Waals surface area contributed by atoms with Gasteiger partial charge in [0, 0.05) is 12.1 Å². The van der Waals surface area contributed by atoms with Gasteiger partial charge in [-0.15, -0.1) is 0 Å². The molecule has 4 aromatic rings. The second-order valence-corrected chi connectivity index (χ2v) is 6.62. The number of aromatic nitrogens is 2. The maximum Gasteiger partial charge on any atom is 0.354 e. The first-order valence-electron chi connectivity index (χ1n) is 9.45. The summed E-state index contributed by atoms with van der Waals surface area (Å²) >= 11 is 0. The van der Waals surface area contributed by atoms with Crippen molar-refractivity contribution in [2.45, 2.75) is 6.54 Å². The van der Waals surface area contributed by atoms with Crippen molar-refractivity contribution >= 4 is 34.0 Å². The van der Waals surface area contributed by atoms with Crippen LogP contribution < -0.4 is 16.2 Å². The minimum absolute atomic E-state index is 0.0470. The summed E-state index contributed by atoms with van der Waals surface area (Å²) in [6.07, 6.45) is 1.19. The maximum absolute atomic E-state index is 12.7. The first kappa shape index (κ1) is 19.8. The van der Waals surface area contributed by atoms with E-state index in [-0.39, 0.29) is 17.3 Å².